The van der Waals surface area contributed by atoms with Crippen LogP contribution in [-0.4, -0.2) is 52.3 Å². The standard InChI is InChI=1S/C6H9ClN2O4/c7-5(8-12)4-3-13-2-1-9(4)6(10)11/h4,12H,1-3H2,(H,10,11). The van der Waals surface area contributed by atoms with Gasteiger partial charge in [-0.2, -0.15) is 0 Å². The van der Waals surface area contributed by atoms with Gasteiger partial charge < -0.3 is 15.1 Å². The number of oxime groups is 1. The Hall–Kier alpha value is -1.01. The molecule has 74 valence electrons. The Labute approximate surface area is 79.3 Å². The largest absolute Gasteiger partial charge is 0.465 e. The van der Waals surface area contributed by atoms with E-state index in [0.717, 1.165) is 4.90 Å². The van der Waals surface area contributed by atoms with Crippen LogP contribution in [0.25, 0.3) is 0 Å². The van der Waals surface area contributed by atoms with Gasteiger partial charge in [-0.15, -0.1) is 0 Å². The number of morpholine rings is 1. The summed E-state index contributed by atoms with van der Waals surface area (Å²) in [5.74, 6) is 0. The second kappa shape index (κ2) is 4.29. The summed E-state index contributed by atoms with van der Waals surface area (Å²) in [4.78, 5) is 11.7. The van der Waals surface area contributed by atoms with Gasteiger partial charge in [0, 0.05) is 6.54 Å². The fourth-order valence-corrected chi connectivity index (χ4v) is 1.28. The van der Waals surface area contributed by atoms with E-state index in [4.69, 9.17) is 26.7 Å². The number of hydrogen-bond donors (Lipinski definition) is 2. The van der Waals surface area contributed by atoms with Crippen molar-refractivity contribution in [2.45, 2.75) is 6.04 Å². The zero-order valence-electron chi connectivity index (χ0n) is 6.68. The average molecular weight is 209 g/mol. The number of amides is 1. The molecule has 0 bridgehead atoms. The van der Waals surface area contributed by atoms with E-state index in [9.17, 15) is 4.79 Å². The van der Waals surface area contributed by atoms with Gasteiger partial charge in [0.05, 0.1) is 13.2 Å². The van der Waals surface area contributed by atoms with Crippen LogP contribution in [0.3, 0.4) is 0 Å². The van der Waals surface area contributed by atoms with Crippen molar-refractivity contribution in [3.8, 4) is 0 Å². The van der Waals surface area contributed by atoms with E-state index < -0.39 is 12.1 Å². The SMILES string of the molecule is O=C(O)N1CCOCC1C(Cl)=NO. The van der Waals surface area contributed by atoms with Crippen molar-refractivity contribution in [2.24, 2.45) is 5.16 Å². The minimum absolute atomic E-state index is 0.120. The average Bonchev–Trinajstić information content (AvgIpc) is 2.16. The molecule has 1 unspecified atom stereocenters. The first-order valence-electron chi connectivity index (χ1n) is 3.61. The third kappa shape index (κ3) is 2.22. The first-order valence-corrected chi connectivity index (χ1v) is 3.99. The molecule has 0 spiro atoms. The quantitative estimate of drug-likeness (QED) is 0.371. The van der Waals surface area contributed by atoms with E-state index in [-0.39, 0.29) is 18.3 Å². The van der Waals surface area contributed by atoms with E-state index in [0.29, 0.717) is 6.61 Å². The monoisotopic (exact) mass is 208 g/mol. The van der Waals surface area contributed by atoms with Crippen LogP contribution in [0.5, 0.6) is 0 Å². The summed E-state index contributed by atoms with van der Waals surface area (Å²) in [5.41, 5.74) is 0. The van der Waals surface area contributed by atoms with Crippen molar-refractivity contribution in [1.82, 2.24) is 4.90 Å². The van der Waals surface area contributed by atoms with Gasteiger partial charge in [0.15, 0.2) is 5.17 Å². The molecule has 0 saturated carbocycles. The molecule has 7 heteroatoms. The summed E-state index contributed by atoms with van der Waals surface area (Å²) in [6.45, 7) is 0.680. The maximum Gasteiger partial charge on any atom is 0.408 e. The van der Waals surface area contributed by atoms with Crippen LogP contribution in [0.4, 0.5) is 4.79 Å². The molecule has 0 aliphatic carbocycles. The number of carboxylic acid groups (broad SMARTS) is 1. The van der Waals surface area contributed by atoms with Crippen molar-refractivity contribution in [2.75, 3.05) is 19.8 Å². The summed E-state index contributed by atoms with van der Waals surface area (Å²) < 4.78 is 5.00. The van der Waals surface area contributed by atoms with Crippen LogP contribution >= 0.6 is 11.6 Å². The number of ether oxygens (including phenoxy) is 1. The highest BCUT2D eigenvalue weighted by Crippen LogP contribution is 2.10. The molecule has 1 aliphatic heterocycles. The summed E-state index contributed by atoms with van der Waals surface area (Å²) in [6.07, 6.45) is -1.10. The van der Waals surface area contributed by atoms with Gasteiger partial charge in [-0.05, 0) is 0 Å². The van der Waals surface area contributed by atoms with Crippen molar-refractivity contribution >= 4 is 22.9 Å². The number of hydrogen-bond acceptors (Lipinski definition) is 4. The van der Waals surface area contributed by atoms with Gasteiger partial charge in [0.25, 0.3) is 0 Å². The second-order valence-corrected chi connectivity index (χ2v) is 2.88. The van der Waals surface area contributed by atoms with Crippen molar-refractivity contribution in [1.29, 1.82) is 0 Å². The molecule has 1 saturated heterocycles. The van der Waals surface area contributed by atoms with Crippen LogP contribution in [0.2, 0.25) is 0 Å². The molecule has 1 fully saturated rings. The molecule has 0 aromatic heterocycles. The Balaban J connectivity index is 2.73. The lowest BCUT2D eigenvalue weighted by molar-refractivity contribution is 0.0214. The molecule has 0 aromatic carbocycles. The summed E-state index contributed by atoms with van der Waals surface area (Å²) in [5, 5.41) is 19.7. The van der Waals surface area contributed by atoms with Crippen LogP contribution in [0.15, 0.2) is 5.16 Å². The zero-order chi connectivity index (χ0) is 9.84. The third-order valence-corrected chi connectivity index (χ3v) is 2.07. The van der Waals surface area contributed by atoms with E-state index >= 15 is 0 Å². The van der Waals surface area contributed by atoms with Crippen LogP contribution in [0.1, 0.15) is 0 Å². The van der Waals surface area contributed by atoms with Gasteiger partial charge in [0.2, 0.25) is 0 Å². The fraction of sp³-hybridized carbons (Fsp3) is 0.667. The van der Waals surface area contributed by atoms with Crippen LogP contribution in [-0.2, 0) is 4.74 Å². The molecule has 1 atom stereocenters. The third-order valence-electron chi connectivity index (χ3n) is 1.74. The van der Waals surface area contributed by atoms with Gasteiger partial charge in [-0.3, -0.25) is 4.90 Å². The van der Waals surface area contributed by atoms with Gasteiger partial charge in [-0.1, -0.05) is 16.8 Å². The minimum atomic E-state index is -1.10. The second-order valence-electron chi connectivity index (χ2n) is 2.49. The smallest absolute Gasteiger partial charge is 0.408 e. The number of halogens is 1. The maximum atomic E-state index is 10.7. The number of nitrogens with zero attached hydrogens (tertiary/aromatic N) is 2. The van der Waals surface area contributed by atoms with E-state index in [2.05, 4.69) is 5.16 Å². The van der Waals surface area contributed by atoms with Crippen LogP contribution in [0, 0.1) is 0 Å². The predicted octanol–water partition coefficient (Wildman–Crippen LogP) is 0.392. The number of carbonyl (C=O) groups is 1. The van der Waals surface area contributed by atoms with Gasteiger partial charge in [-0.25, -0.2) is 4.79 Å². The first-order chi connectivity index (χ1) is 6.16. The topological polar surface area (TPSA) is 82.4 Å². The van der Waals surface area contributed by atoms with Gasteiger partial charge in [0.1, 0.15) is 6.04 Å². The van der Waals surface area contributed by atoms with Crippen molar-refractivity contribution in [3.63, 3.8) is 0 Å². The van der Waals surface area contributed by atoms with E-state index in [1.54, 1.807) is 0 Å². The molecule has 1 rings (SSSR count). The highest BCUT2D eigenvalue weighted by molar-refractivity contribution is 6.66. The fourth-order valence-electron chi connectivity index (χ4n) is 1.10. The Morgan fingerprint density at radius 3 is 2.92 bits per heavy atom. The van der Waals surface area contributed by atoms with Crippen molar-refractivity contribution < 1.29 is 19.8 Å². The normalized spacial score (nSPS) is 24.5. The molecule has 2 N–H and O–H groups in total. The lowest BCUT2D eigenvalue weighted by atomic mass is 10.2. The van der Waals surface area contributed by atoms with E-state index in [1.807, 2.05) is 0 Å². The summed E-state index contributed by atoms with van der Waals surface area (Å²) >= 11 is 5.50. The Kier molecular flexibility index (Phi) is 3.32. The molecule has 1 amide bonds. The zero-order valence-corrected chi connectivity index (χ0v) is 7.44. The lowest BCUT2D eigenvalue weighted by Gasteiger charge is -2.31. The molecule has 0 radical (unpaired) electrons. The molecule has 6 nitrogen and oxygen atoms in total. The first kappa shape index (κ1) is 10.1. The predicted molar refractivity (Wildman–Crippen MR) is 44.4 cm³/mol. The molecule has 13 heavy (non-hydrogen) atoms. The lowest BCUT2D eigenvalue weighted by Crippen LogP contribution is -2.51. The van der Waals surface area contributed by atoms with Crippen molar-refractivity contribution in [3.05, 3.63) is 0 Å². The minimum Gasteiger partial charge on any atom is -0.465 e. The molecular weight excluding hydrogens is 200 g/mol. The van der Waals surface area contributed by atoms with Gasteiger partial charge >= 0.3 is 6.09 Å². The molecule has 1 heterocycles. The molecule has 1 aliphatic rings. The Bertz CT molecular complexity index is 233. The Morgan fingerprint density at radius 2 is 2.38 bits per heavy atom. The van der Waals surface area contributed by atoms with Crippen LogP contribution < -0.4 is 0 Å². The highest BCUT2D eigenvalue weighted by Gasteiger charge is 2.30. The molecular formula is C6H9ClN2O4. The maximum absolute atomic E-state index is 10.7. The highest BCUT2D eigenvalue weighted by atomic mass is 35.5. The summed E-state index contributed by atoms with van der Waals surface area (Å²) in [7, 11) is 0. The Morgan fingerprint density at radius 1 is 1.69 bits per heavy atom. The number of rotatable bonds is 1. The van der Waals surface area contributed by atoms with E-state index in [1.165, 1.54) is 0 Å². The molecule has 0 aromatic rings. The summed E-state index contributed by atoms with van der Waals surface area (Å²) in [6, 6.07) is -0.696.